The Hall–Kier alpha value is -1.75. The second kappa shape index (κ2) is 6.86. The van der Waals surface area contributed by atoms with E-state index in [2.05, 4.69) is 10.6 Å². The number of urea groups is 1. The molecule has 0 spiro atoms. The van der Waals surface area contributed by atoms with Crippen molar-refractivity contribution in [1.82, 2.24) is 5.32 Å². The van der Waals surface area contributed by atoms with Crippen molar-refractivity contribution >= 4 is 11.7 Å². The van der Waals surface area contributed by atoms with Crippen molar-refractivity contribution in [2.24, 2.45) is 5.92 Å². The van der Waals surface area contributed by atoms with E-state index in [4.69, 9.17) is 9.84 Å². The van der Waals surface area contributed by atoms with E-state index in [1.165, 1.54) is 0 Å². The molecule has 0 aromatic heterocycles. The van der Waals surface area contributed by atoms with Crippen molar-refractivity contribution in [2.75, 3.05) is 19.0 Å². The molecule has 2 atom stereocenters. The average molecular weight is 252 g/mol. The summed E-state index contributed by atoms with van der Waals surface area (Å²) in [7, 11) is 1.59. The molecule has 0 bridgehead atoms. The molecule has 0 fully saturated rings. The van der Waals surface area contributed by atoms with Crippen LogP contribution in [0.3, 0.4) is 0 Å². The number of aliphatic hydroxyl groups is 1. The van der Waals surface area contributed by atoms with Crippen LogP contribution in [0.4, 0.5) is 10.5 Å². The molecule has 0 aliphatic carbocycles. The maximum atomic E-state index is 11.7. The van der Waals surface area contributed by atoms with Crippen LogP contribution in [0.15, 0.2) is 24.3 Å². The van der Waals surface area contributed by atoms with Gasteiger partial charge in [-0.05, 0) is 37.1 Å². The lowest BCUT2D eigenvalue weighted by atomic mass is 10.1. The largest absolute Gasteiger partial charge is 0.497 e. The highest BCUT2D eigenvalue weighted by Crippen LogP contribution is 2.14. The summed E-state index contributed by atoms with van der Waals surface area (Å²) in [4.78, 5) is 11.7. The first kappa shape index (κ1) is 14.3. The molecule has 1 rings (SSSR count). The van der Waals surface area contributed by atoms with Crippen LogP contribution >= 0.6 is 0 Å². The van der Waals surface area contributed by atoms with E-state index in [1.54, 1.807) is 31.4 Å². The summed E-state index contributed by atoms with van der Waals surface area (Å²) in [6.45, 7) is 3.77. The van der Waals surface area contributed by atoms with Gasteiger partial charge >= 0.3 is 6.03 Å². The monoisotopic (exact) mass is 252 g/mol. The minimum Gasteiger partial charge on any atom is -0.497 e. The number of ether oxygens (including phenoxy) is 1. The topological polar surface area (TPSA) is 70.6 Å². The third-order valence-corrected chi connectivity index (χ3v) is 2.85. The van der Waals surface area contributed by atoms with Crippen molar-refractivity contribution in [3.8, 4) is 5.75 Å². The molecule has 2 unspecified atom stereocenters. The fraction of sp³-hybridized carbons (Fsp3) is 0.462. The molecule has 1 aromatic rings. The van der Waals surface area contributed by atoms with E-state index < -0.39 is 0 Å². The summed E-state index contributed by atoms with van der Waals surface area (Å²) in [5.41, 5.74) is 0.692. The van der Waals surface area contributed by atoms with Crippen LogP contribution in [0.5, 0.6) is 5.75 Å². The number of hydrogen-bond acceptors (Lipinski definition) is 3. The van der Waals surface area contributed by atoms with Crippen LogP contribution in [0.2, 0.25) is 0 Å². The number of anilines is 1. The van der Waals surface area contributed by atoms with Gasteiger partial charge in [-0.15, -0.1) is 0 Å². The van der Waals surface area contributed by atoms with E-state index >= 15 is 0 Å². The molecule has 5 nitrogen and oxygen atoms in total. The van der Waals surface area contributed by atoms with Gasteiger partial charge in [0, 0.05) is 18.3 Å². The Kier molecular flexibility index (Phi) is 5.45. The minimum absolute atomic E-state index is 0.0200. The SMILES string of the molecule is COc1ccc(NC(=O)NC(C)C(C)CO)cc1. The maximum absolute atomic E-state index is 11.7. The summed E-state index contributed by atoms with van der Waals surface area (Å²) < 4.78 is 5.03. The fourth-order valence-corrected chi connectivity index (χ4v) is 1.35. The molecule has 0 aliphatic rings. The molecule has 2 amide bonds. The number of amides is 2. The minimum atomic E-state index is -0.284. The van der Waals surface area contributed by atoms with Gasteiger partial charge in [-0.25, -0.2) is 4.79 Å². The highest BCUT2D eigenvalue weighted by molar-refractivity contribution is 5.89. The van der Waals surface area contributed by atoms with Gasteiger partial charge in [0.15, 0.2) is 0 Å². The van der Waals surface area contributed by atoms with Gasteiger partial charge in [0.25, 0.3) is 0 Å². The number of methoxy groups -OCH3 is 1. The van der Waals surface area contributed by atoms with Crippen LogP contribution in [-0.2, 0) is 0 Å². The predicted molar refractivity (Wildman–Crippen MR) is 70.9 cm³/mol. The van der Waals surface area contributed by atoms with Crippen molar-refractivity contribution in [1.29, 1.82) is 0 Å². The molecule has 0 saturated heterocycles. The van der Waals surface area contributed by atoms with E-state index in [1.807, 2.05) is 13.8 Å². The number of aliphatic hydroxyl groups excluding tert-OH is 1. The lowest BCUT2D eigenvalue weighted by Gasteiger charge is -2.19. The maximum Gasteiger partial charge on any atom is 0.319 e. The Labute approximate surface area is 107 Å². The molecule has 5 heteroatoms. The molecule has 0 heterocycles. The first-order chi connectivity index (χ1) is 8.56. The molecule has 3 N–H and O–H groups in total. The highest BCUT2D eigenvalue weighted by atomic mass is 16.5. The fourth-order valence-electron chi connectivity index (χ4n) is 1.35. The zero-order chi connectivity index (χ0) is 13.5. The summed E-state index contributed by atoms with van der Waals surface area (Å²) in [6, 6.07) is 6.70. The summed E-state index contributed by atoms with van der Waals surface area (Å²) in [5, 5.41) is 14.5. The molecule has 0 aliphatic heterocycles. The third kappa shape index (κ3) is 4.25. The van der Waals surface area contributed by atoms with Crippen molar-refractivity contribution in [3.05, 3.63) is 24.3 Å². The van der Waals surface area contributed by atoms with Gasteiger partial charge < -0.3 is 20.5 Å². The number of hydrogen-bond donors (Lipinski definition) is 3. The zero-order valence-corrected chi connectivity index (χ0v) is 10.9. The second-order valence-electron chi connectivity index (χ2n) is 4.28. The third-order valence-electron chi connectivity index (χ3n) is 2.85. The van der Waals surface area contributed by atoms with Gasteiger partial charge in [-0.1, -0.05) is 6.92 Å². The second-order valence-corrected chi connectivity index (χ2v) is 4.28. The van der Waals surface area contributed by atoms with Crippen LogP contribution in [-0.4, -0.2) is 30.9 Å². The Morgan fingerprint density at radius 2 is 1.94 bits per heavy atom. The smallest absolute Gasteiger partial charge is 0.319 e. The number of carbonyl (C=O) groups is 1. The van der Waals surface area contributed by atoms with E-state index in [9.17, 15) is 4.79 Å². The van der Waals surface area contributed by atoms with E-state index in [0.29, 0.717) is 5.69 Å². The standard InChI is InChI=1S/C13H20N2O3/c1-9(8-16)10(2)14-13(17)15-11-4-6-12(18-3)7-5-11/h4-7,9-10,16H,8H2,1-3H3,(H2,14,15,17). The Morgan fingerprint density at radius 3 is 2.44 bits per heavy atom. The van der Waals surface area contributed by atoms with Crippen LogP contribution in [0.25, 0.3) is 0 Å². The van der Waals surface area contributed by atoms with Gasteiger partial charge in [-0.3, -0.25) is 0 Å². The van der Waals surface area contributed by atoms with E-state index in [-0.39, 0.29) is 24.6 Å². The van der Waals surface area contributed by atoms with Gasteiger partial charge in [-0.2, -0.15) is 0 Å². The van der Waals surface area contributed by atoms with Gasteiger partial charge in [0.1, 0.15) is 5.75 Å². The number of rotatable bonds is 5. The zero-order valence-electron chi connectivity index (χ0n) is 10.9. The van der Waals surface area contributed by atoms with Gasteiger partial charge in [0.2, 0.25) is 0 Å². The van der Waals surface area contributed by atoms with Crippen molar-refractivity contribution in [3.63, 3.8) is 0 Å². The molecule has 18 heavy (non-hydrogen) atoms. The van der Waals surface area contributed by atoms with Crippen LogP contribution in [0.1, 0.15) is 13.8 Å². The first-order valence-electron chi connectivity index (χ1n) is 5.89. The number of benzene rings is 1. The van der Waals surface area contributed by atoms with E-state index in [0.717, 1.165) is 5.75 Å². The first-order valence-corrected chi connectivity index (χ1v) is 5.89. The number of carbonyl (C=O) groups excluding carboxylic acids is 1. The molecular formula is C13H20N2O3. The summed E-state index contributed by atoms with van der Waals surface area (Å²) in [5.74, 6) is 0.759. The molecular weight excluding hydrogens is 232 g/mol. The van der Waals surface area contributed by atoms with Gasteiger partial charge in [0.05, 0.1) is 7.11 Å². The highest BCUT2D eigenvalue weighted by Gasteiger charge is 2.13. The van der Waals surface area contributed by atoms with Crippen molar-refractivity contribution in [2.45, 2.75) is 19.9 Å². The Morgan fingerprint density at radius 1 is 1.33 bits per heavy atom. The lowest BCUT2D eigenvalue weighted by molar-refractivity contribution is 0.204. The predicted octanol–water partition coefficient (Wildman–Crippen LogP) is 1.83. The molecule has 0 radical (unpaired) electrons. The molecule has 0 saturated carbocycles. The van der Waals surface area contributed by atoms with Crippen LogP contribution in [0, 0.1) is 5.92 Å². The molecule has 100 valence electrons. The Balaban J connectivity index is 2.48. The average Bonchev–Trinajstić information content (AvgIpc) is 2.38. The Bertz CT molecular complexity index is 378. The summed E-state index contributed by atoms with van der Waals surface area (Å²) >= 11 is 0. The summed E-state index contributed by atoms with van der Waals surface area (Å²) in [6.07, 6.45) is 0. The molecule has 1 aromatic carbocycles. The van der Waals surface area contributed by atoms with Crippen molar-refractivity contribution < 1.29 is 14.6 Å². The van der Waals surface area contributed by atoms with Crippen LogP contribution < -0.4 is 15.4 Å². The normalized spacial score (nSPS) is 13.6. The number of nitrogens with one attached hydrogen (secondary N) is 2. The quantitative estimate of drug-likeness (QED) is 0.748. The lowest BCUT2D eigenvalue weighted by Crippen LogP contribution is -2.40.